The summed E-state index contributed by atoms with van der Waals surface area (Å²) < 4.78 is 1.54. The van der Waals surface area contributed by atoms with Crippen LogP contribution >= 0.6 is 0 Å². The molecule has 6 heteroatoms. The van der Waals surface area contributed by atoms with Gasteiger partial charge in [0.1, 0.15) is 11.7 Å². The maximum atomic E-state index is 12.5. The summed E-state index contributed by atoms with van der Waals surface area (Å²) in [6, 6.07) is 1.04. The van der Waals surface area contributed by atoms with Crippen molar-refractivity contribution in [3.05, 3.63) is 17.5 Å². The van der Waals surface area contributed by atoms with E-state index in [2.05, 4.69) is 5.10 Å². The van der Waals surface area contributed by atoms with Gasteiger partial charge in [-0.2, -0.15) is 5.10 Å². The lowest BCUT2D eigenvalue weighted by atomic mass is 10.0. The number of piperidine rings is 1. The van der Waals surface area contributed by atoms with Crippen molar-refractivity contribution in [1.82, 2.24) is 14.7 Å². The number of hydrogen-bond acceptors (Lipinski definition) is 3. The van der Waals surface area contributed by atoms with Crippen LogP contribution in [0.15, 0.2) is 6.07 Å². The Labute approximate surface area is 112 Å². The van der Waals surface area contributed by atoms with Gasteiger partial charge in [-0.25, -0.2) is 4.79 Å². The summed E-state index contributed by atoms with van der Waals surface area (Å²) in [7, 11) is 1.71. The molecule has 0 unspecified atom stereocenters. The molecule has 1 atom stereocenters. The molecule has 1 N–H and O–H groups in total. The highest BCUT2D eigenvalue weighted by atomic mass is 16.4. The molecular formula is C13H19N3O3. The van der Waals surface area contributed by atoms with E-state index in [0.717, 1.165) is 25.0 Å². The molecule has 1 amide bonds. The molecule has 1 fully saturated rings. The van der Waals surface area contributed by atoms with E-state index in [0.29, 0.717) is 18.7 Å². The molecule has 0 aliphatic carbocycles. The Morgan fingerprint density at radius 3 is 2.79 bits per heavy atom. The molecule has 0 saturated carbocycles. The Morgan fingerprint density at radius 2 is 2.21 bits per heavy atom. The standard InChI is InChI=1S/C13H19N3O3/c1-3-9-8-11(15(2)14-9)12(17)16-7-5-4-6-10(16)13(18)19/h8,10H,3-7H2,1-2H3,(H,18,19)/t10-/m1/s1. The zero-order valence-electron chi connectivity index (χ0n) is 11.3. The number of carbonyl (C=O) groups excluding carboxylic acids is 1. The van der Waals surface area contributed by atoms with Crippen molar-refractivity contribution in [2.75, 3.05) is 6.54 Å². The predicted molar refractivity (Wildman–Crippen MR) is 68.9 cm³/mol. The van der Waals surface area contributed by atoms with E-state index in [-0.39, 0.29) is 5.91 Å². The highest BCUT2D eigenvalue weighted by Crippen LogP contribution is 2.20. The van der Waals surface area contributed by atoms with Crippen LogP contribution in [0.2, 0.25) is 0 Å². The lowest BCUT2D eigenvalue weighted by molar-refractivity contribution is -0.143. The molecule has 0 aromatic carbocycles. The number of aryl methyl sites for hydroxylation is 2. The van der Waals surface area contributed by atoms with Gasteiger partial charge in [-0.1, -0.05) is 6.92 Å². The Morgan fingerprint density at radius 1 is 1.47 bits per heavy atom. The van der Waals surface area contributed by atoms with Crippen LogP contribution < -0.4 is 0 Å². The lowest BCUT2D eigenvalue weighted by Gasteiger charge is -2.32. The number of nitrogens with zero attached hydrogens (tertiary/aromatic N) is 3. The zero-order chi connectivity index (χ0) is 14.0. The minimum atomic E-state index is -0.925. The maximum Gasteiger partial charge on any atom is 0.326 e. The third-order valence-corrected chi connectivity index (χ3v) is 3.56. The molecule has 1 aliphatic heterocycles. The number of amides is 1. The minimum absolute atomic E-state index is 0.234. The van der Waals surface area contributed by atoms with Gasteiger partial charge in [0.25, 0.3) is 5.91 Å². The average molecular weight is 265 g/mol. The third kappa shape index (κ3) is 2.62. The number of likely N-dealkylation sites (tertiary alicyclic amines) is 1. The van der Waals surface area contributed by atoms with E-state index >= 15 is 0 Å². The van der Waals surface area contributed by atoms with Gasteiger partial charge >= 0.3 is 5.97 Å². The monoisotopic (exact) mass is 265 g/mol. The van der Waals surface area contributed by atoms with Crippen LogP contribution in [0, 0.1) is 0 Å². The molecule has 0 spiro atoms. The van der Waals surface area contributed by atoms with Crippen LogP contribution in [-0.2, 0) is 18.3 Å². The molecule has 2 heterocycles. The second kappa shape index (κ2) is 5.42. The summed E-state index contributed by atoms with van der Waals surface area (Å²) in [6.07, 6.45) is 2.99. The fraction of sp³-hybridized carbons (Fsp3) is 0.615. The number of hydrogen-bond donors (Lipinski definition) is 1. The molecule has 104 valence electrons. The van der Waals surface area contributed by atoms with Crippen LogP contribution in [0.5, 0.6) is 0 Å². The number of aliphatic carboxylic acids is 1. The van der Waals surface area contributed by atoms with Crippen molar-refractivity contribution in [2.24, 2.45) is 7.05 Å². The topological polar surface area (TPSA) is 75.4 Å². The van der Waals surface area contributed by atoms with Gasteiger partial charge in [0.15, 0.2) is 0 Å². The number of carboxylic acids is 1. The summed E-state index contributed by atoms with van der Waals surface area (Å²) in [5, 5.41) is 13.4. The van der Waals surface area contributed by atoms with Gasteiger partial charge in [0, 0.05) is 13.6 Å². The first kappa shape index (κ1) is 13.6. The van der Waals surface area contributed by atoms with Gasteiger partial charge in [0.2, 0.25) is 0 Å². The first-order valence-corrected chi connectivity index (χ1v) is 6.61. The molecule has 1 aliphatic rings. The van der Waals surface area contributed by atoms with Crippen molar-refractivity contribution in [2.45, 2.75) is 38.6 Å². The fourth-order valence-corrected chi connectivity index (χ4v) is 2.48. The molecule has 1 aromatic rings. The Balaban J connectivity index is 2.25. The fourth-order valence-electron chi connectivity index (χ4n) is 2.48. The Kier molecular flexibility index (Phi) is 3.87. The van der Waals surface area contributed by atoms with E-state index < -0.39 is 12.0 Å². The normalized spacial score (nSPS) is 19.5. The second-order valence-corrected chi connectivity index (χ2v) is 4.85. The summed E-state index contributed by atoms with van der Waals surface area (Å²) >= 11 is 0. The van der Waals surface area contributed by atoms with E-state index in [9.17, 15) is 14.7 Å². The summed E-state index contributed by atoms with van der Waals surface area (Å²) in [5.74, 6) is -1.16. The Bertz CT molecular complexity index is 495. The van der Waals surface area contributed by atoms with E-state index in [4.69, 9.17) is 0 Å². The first-order valence-electron chi connectivity index (χ1n) is 6.61. The molecule has 0 radical (unpaired) electrons. The van der Waals surface area contributed by atoms with Crippen molar-refractivity contribution in [3.63, 3.8) is 0 Å². The zero-order valence-corrected chi connectivity index (χ0v) is 11.3. The van der Waals surface area contributed by atoms with Crippen LogP contribution in [0.25, 0.3) is 0 Å². The van der Waals surface area contributed by atoms with Crippen molar-refractivity contribution < 1.29 is 14.7 Å². The van der Waals surface area contributed by atoms with Crippen molar-refractivity contribution in [3.8, 4) is 0 Å². The molecule has 19 heavy (non-hydrogen) atoms. The highest BCUT2D eigenvalue weighted by Gasteiger charge is 2.33. The lowest BCUT2D eigenvalue weighted by Crippen LogP contribution is -2.48. The minimum Gasteiger partial charge on any atom is -0.480 e. The second-order valence-electron chi connectivity index (χ2n) is 4.85. The largest absolute Gasteiger partial charge is 0.480 e. The van der Waals surface area contributed by atoms with Crippen LogP contribution in [0.1, 0.15) is 42.4 Å². The highest BCUT2D eigenvalue weighted by molar-refractivity contribution is 5.95. The average Bonchev–Trinajstić information content (AvgIpc) is 2.79. The number of aromatic nitrogens is 2. The molecule has 0 bridgehead atoms. The summed E-state index contributed by atoms with van der Waals surface area (Å²) in [6.45, 7) is 2.47. The van der Waals surface area contributed by atoms with Gasteiger partial charge in [0.05, 0.1) is 5.69 Å². The van der Waals surface area contributed by atoms with Crippen molar-refractivity contribution >= 4 is 11.9 Å². The molecule has 1 aromatic heterocycles. The van der Waals surface area contributed by atoms with Gasteiger partial charge in [-0.15, -0.1) is 0 Å². The van der Waals surface area contributed by atoms with E-state index in [1.165, 1.54) is 9.58 Å². The SMILES string of the molecule is CCc1cc(C(=O)N2CCCC[C@@H]2C(=O)O)n(C)n1. The first-order chi connectivity index (χ1) is 9.04. The van der Waals surface area contributed by atoms with Gasteiger partial charge in [-0.3, -0.25) is 9.48 Å². The molecule has 2 rings (SSSR count). The van der Waals surface area contributed by atoms with Crippen LogP contribution in [0.4, 0.5) is 0 Å². The summed E-state index contributed by atoms with van der Waals surface area (Å²) in [5.41, 5.74) is 1.31. The van der Waals surface area contributed by atoms with Gasteiger partial charge < -0.3 is 10.0 Å². The maximum absolute atomic E-state index is 12.5. The quantitative estimate of drug-likeness (QED) is 0.886. The van der Waals surface area contributed by atoms with Crippen LogP contribution in [0.3, 0.4) is 0 Å². The summed E-state index contributed by atoms with van der Waals surface area (Å²) in [4.78, 5) is 25.2. The third-order valence-electron chi connectivity index (χ3n) is 3.56. The number of carboxylic acid groups (broad SMARTS) is 1. The number of carbonyl (C=O) groups is 2. The molecular weight excluding hydrogens is 246 g/mol. The smallest absolute Gasteiger partial charge is 0.326 e. The Hall–Kier alpha value is -1.85. The molecule has 1 saturated heterocycles. The van der Waals surface area contributed by atoms with Crippen LogP contribution in [-0.4, -0.2) is 44.3 Å². The predicted octanol–water partition coefficient (Wildman–Crippen LogP) is 1.06. The van der Waals surface area contributed by atoms with Crippen molar-refractivity contribution in [1.29, 1.82) is 0 Å². The van der Waals surface area contributed by atoms with E-state index in [1.807, 2.05) is 6.92 Å². The number of rotatable bonds is 3. The molecule has 6 nitrogen and oxygen atoms in total. The van der Waals surface area contributed by atoms with E-state index in [1.54, 1.807) is 13.1 Å². The van der Waals surface area contributed by atoms with Gasteiger partial charge in [-0.05, 0) is 31.7 Å².